The van der Waals surface area contributed by atoms with Crippen molar-refractivity contribution in [1.29, 1.82) is 0 Å². The first-order valence-electron chi connectivity index (χ1n) is 6.31. The van der Waals surface area contributed by atoms with E-state index in [1.54, 1.807) is 19.2 Å². The molecule has 0 aromatic heterocycles. The summed E-state index contributed by atoms with van der Waals surface area (Å²) in [5, 5.41) is 0. The van der Waals surface area contributed by atoms with Gasteiger partial charge in [-0.15, -0.1) is 0 Å². The Morgan fingerprint density at radius 3 is 2.60 bits per heavy atom. The highest BCUT2D eigenvalue weighted by atomic mass is 16.6. The molecular weight excluding hydrogens is 254 g/mol. The molecule has 2 rings (SSSR count). The van der Waals surface area contributed by atoms with Crippen LogP contribution in [0, 0.1) is 6.92 Å². The first-order chi connectivity index (χ1) is 9.70. The lowest BCUT2D eigenvalue weighted by atomic mass is 10.1. The minimum Gasteiger partial charge on any atom is -0.496 e. The smallest absolute Gasteiger partial charge is 0.274 e. The molecule has 2 aromatic carbocycles. The average molecular weight is 271 g/mol. The van der Waals surface area contributed by atoms with Crippen molar-refractivity contribution in [3.05, 3.63) is 65.2 Å². The van der Waals surface area contributed by atoms with E-state index in [1.165, 1.54) is 0 Å². The molecule has 1 N–H and O–H groups in total. The zero-order valence-corrected chi connectivity index (χ0v) is 11.6. The molecule has 0 aliphatic rings. The van der Waals surface area contributed by atoms with Crippen molar-refractivity contribution in [1.82, 2.24) is 5.48 Å². The molecule has 1 amide bonds. The number of hydrogen-bond donors (Lipinski definition) is 1. The summed E-state index contributed by atoms with van der Waals surface area (Å²) in [5.41, 5.74) is 4.90. The van der Waals surface area contributed by atoms with Crippen LogP contribution >= 0.6 is 0 Å². The van der Waals surface area contributed by atoms with Crippen molar-refractivity contribution < 1.29 is 14.4 Å². The molecule has 0 radical (unpaired) electrons. The van der Waals surface area contributed by atoms with E-state index in [0.717, 1.165) is 11.1 Å². The maximum Gasteiger partial charge on any atom is 0.274 e. The molecule has 0 saturated carbocycles. The Hall–Kier alpha value is -2.33. The van der Waals surface area contributed by atoms with Gasteiger partial charge in [0.2, 0.25) is 0 Å². The molecular formula is C16H17NO3. The summed E-state index contributed by atoms with van der Waals surface area (Å²) in [6.07, 6.45) is 0. The molecule has 0 aliphatic heterocycles. The molecule has 0 saturated heterocycles. The molecule has 0 atom stereocenters. The second-order valence-corrected chi connectivity index (χ2v) is 4.39. The Labute approximate surface area is 118 Å². The number of amides is 1. The predicted octanol–water partition coefficient (Wildman–Crippen LogP) is 2.87. The number of nitrogens with one attached hydrogen (secondary N) is 1. The third-order valence-electron chi connectivity index (χ3n) is 2.92. The first kappa shape index (κ1) is 14.1. The maximum atomic E-state index is 11.9. The molecule has 104 valence electrons. The van der Waals surface area contributed by atoms with Crippen molar-refractivity contribution in [2.75, 3.05) is 7.11 Å². The Morgan fingerprint density at radius 1 is 1.15 bits per heavy atom. The summed E-state index contributed by atoms with van der Waals surface area (Å²) < 4.78 is 5.19. The summed E-state index contributed by atoms with van der Waals surface area (Å²) in [7, 11) is 1.58. The van der Waals surface area contributed by atoms with Gasteiger partial charge in [0, 0.05) is 5.56 Å². The van der Waals surface area contributed by atoms with Crippen LogP contribution in [0.5, 0.6) is 5.75 Å². The van der Waals surface area contributed by atoms with Crippen LogP contribution in [0.4, 0.5) is 0 Å². The van der Waals surface area contributed by atoms with Crippen LogP contribution in [-0.2, 0) is 11.4 Å². The number of rotatable bonds is 5. The molecule has 4 nitrogen and oxygen atoms in total. The lowest BCUT2D eigenvalue weighted by Crippen LogP contribution is -2.23. The van der Waals surface area contributed by atoms with Crippen molar-refractivity contribution in [3.63, 3.8) is 0 Å². The monoisotopic (exact) mass is 271 g/mol. The zero-order chi connectivity index (χ0) is 14.4. The number of aryl methyl sites for hydroxylation is 1. The quantitative estimate of drug-likeness (QED) is 0.851. The van der Waals surface area contributed by atoms with Crippen LogP contribution in [0.3, 0.4) is 0 Å². The third-order valence-corrected chi connectivity index (χ3v) is 2.92. The van der Waals surface area contributed by atoms with E-state index in [1.807, 2.05) is 43.3 Å². The van der Waals surface area contributed by atoms with E-state index in [9.17, 15) is 4.79 Å². The second kappa shape index (κ2) is 6.73. The van der Waals surface area contributed by atoms with Crippen LogP contribution in [0.25, 0.3) is 0 Å². The van der Waals surface area contributed by atoms with Crippen LogP contribution in [0.15, 0.2) is 48.5 Å². The summed E-state index contributed by atoms with van der Waals surface area (Å²) >= 11 is 0. The van der Waals surface area contributed by atoms with Crippen molar-refractivity contribution in [2.45, 2.75) is 13.5 Å². The van der Waals surface area contributed by atoms with Crippen LogP contribution in [0.1, 0.15) is 21.5 Å². The summed E-state index contributed by atoms with van der Waals surface area (Å²) in [6.45, 7) is 2.25. The minimum absolute atomic E-state index is 0.292. The highest BCUT2D eigenvalue weighted by Gasteiger charge is 2.08. The Kier molecular flexibility index (Phi) is 4.74. The van der Waals surface area contributed by atoms with Gasteiger partial charge >= 0.3 is 0 Å². The topological polar surface area (TPSA) is 47.6 Å². The third kappa shape index (κ3) is 3.59. The van der Waals surface area contributed by atoms with Gasteiger partial charge in [0.25, 0.3) is 5.91 Å². The van der Waals surface area contributed by atoms with Gasteiger partial charge in [0.05, 0.1) is 13.7 Å². The van der Waals surface area contributed by atoms with E-state index in [0.29, 0.717) is 17.9 Å². The average Bonchev–Trinajstić information content (AvgIpc) is 2.48. The van der Waals surface area contributed by atoms with Crippen LogP contribution in [0.2, 0.25) is 0 Å². The largest absolute Gasteiger partial charge is 0.496 e. The molecule has 0 heterocycles. The van der Waals surface area contributed by atoms with E-state index >= 15 is 0 Å². The number of hydrogen-bond acceptors (Lipinski definition) is 3. The lowest BCUT2D eigenvalue weighted by molar-refractivity contribution is 0.0233. The summed E-state index contributed by atoms with van der Waals surface area (Å²) in [5.74, 6) is 0.389. The molecule has 0 unspecified atom stereocenters. The van der Waals surface area contributed by atoms with Crippen molar-refractivity contribution >= 4 is 5.91 Å². The fourth-order valence-corrected chi connectivity index (χ4v) is 1.78. The first-order valence-corrected chi connectivity index (χ1v) is 6.31. The fourth-order valence-electron chi connectivity index (χ4n) is 1.78. The van der Waals surface area contributed by atoms with E-state index in [4.69, 9.17) is 9.57 Å². The normalized spacial score (nSPS) is 10.1. The molecule has 0 spiro atoms. The SMILES string of the molecule is COc1cc(C(=O)NOCc2ccccc2)ccc1C. The van der Waals surface area contributed by atoms with Crippen LogP contribution in [-0.4, -0.2) is 13.0 Å². The van der Waals surface area contributed by atoms with Gasteiger partial charge in [-0.1, -0.05) is 36.4 Å². The van der Waals surface area contributed by atoms with Gasteiger partial charge in [-0.25, -0.2) is 5.48 Å². The molecule has 4 heteroatoms. The zero-order valence-electron chi connectivity index (χ0n) is 11.6. The molecule has 0 bridgehead atoms. The number of methoxy groups -OCH3 is 1. The summed E-state index contributed by atoms with van der Waals surface area (Å²) in [6, 6.07) is 14.9. The lowest BCUT2D eigenvalue weighted by Gasteiger charge is -2.09. The Morgan fingerprint density at radius 2 is 1.90 bits per heavy atom. The maximum absolute atomic E-state index is 11.9. The van der Waals surface area contributed by atoms with Gasteiger partial charge in [-0.05, 0) is 30.2 Å². The fraction of sp³-hybridized carbons (Fsp3) is 0.188. The van der Waals surface area contributed by atoms with E-state index in [-0.39, 0.29) is 5.91 Å². The Bertz CT molecular complexity index is 582. The minimum atomic E-state index is -0.292. The number of hydroxylamine groups is 1. The highest BCUT2D eigenvalue weighted by molar-refractivity contribution is 5.94. The number of ether oxygens (including phenoxy) is 1. The van der Waals surface area contributed by atoms with E-state index in [2.05, 4.69) is 5.48 Å². The standard InChI is InChI=1S/C16H17NO3/c1-12-8-9-14(10-15(12)19-2)16(18)17-20-11-13-6-4-3-5-7-13/h3-10H,11H2,1-2H3,(H,17,18). The molecule has 2 aromatic rings. The van der Waals surface area contributed by atoms with Crippen molar-refractivity contribution in [3.8, 4) is 5.75 Å². The predicted molar refractivity (Wildman–Crippen MR) is 76.4 cm³/mol. The number of benzene rings is 2. The van der Waals surface area contributed by atoms with Gasteiger partial charge in [-0.2, -0.15) is 0 Å². The van der Waals surface area contributed by atoms with Crippen LogP contribution < -0.4 is 10.2 Å². The second-order valence-electron chi connectivity index (χ2n) is 4.39. The molecule has 20 heavy (non-hydrogen) atoms. The van der Waals surface area contributed by atoms with Gasteiger partial charge in [-0.3, -0.25) is 9.63 Å². The van der Waals surface area contributed by atoms with Gasteiger partial charge < -0.3 is 4.74 Å². The highest BCUT2D eigenvalue weighted by Crippen LogP contribution is 2.18. The van der Waals surface area contributed by atoms with Gasteiger partial charge in [0.1, 0.15) is 5.75 Å². The number of carbonyl (C=O) groups is 1. The van der Waals surface area contributed by atoms with E-state index < -0.39 is 0 Å². The van der Waals surface area contributed by atoms with Gasteiger partial charge in [0.15, 0.2) is 0 Å². The summed E-state index contributed by atoms with van der Waals surface area (Å²) in [4.78, 5) is 17.1. The number of carbonyl (C=O) groups excluding carboxylic acids is 1. The Balaban J connectivity index is 1.92. The molecule has 0 fully saturated rings. The molecule has 0 aliphatic carbocycles. The van der Waals surface area contributed by atoms with Crippen molar-refractivity contribution in [2.24, 2.45) is 0 Å².